The van der Waals surface area contributed by atoms with Crippen LogP contribution in [0.2, 0.25) is 0 Å². The summed E-state index contributed by atoms with van der Waals surface area (Å²) in [6, 6.07) is 3.82. The molecular formula is C24H31F3N2O3. The van der Waals surface area contributed by atoms with E-state index in [9.17, 15) is 23.2 Å². The van der Waals surface area contributed by atoms with E-state index in [4.69, 9.17) is 0 Å². The SMILES string of the molecule is CCC(=O)[C@H](NC(=O)c1cccc(C2CCCN(C(=O)C(F)F)C2)c1F)C1CCCCC1. The van der Waals surface area contributed by atoms with Crippen molar-refractivity contribution in [2.24, 2.45) is 5.92 Å². The van der Waals surface area contributed by atoms with Gasteiger partial charge < -0.3 is 10.2 Å². The van der Waals surface area contributed by atoms with Crippen LogP contribution in [0.5, 0.6) is 0 Å². The van der Waals surface area contributed by atoms with Gasteiger partial charge in [-0.3, -0.25) is 14.4 Å². The first kappa shape index (κ1) is 24.3. The zero-order chi connectivity index (χ0) is 23.3. The number of Topliss-reactive ketones (excluding diaryl/α,β-unsaturated/α-hetero) is 1. The van der Waals surface area contributed by atoms with Crippen molar-refractivity contribution in [1.82, 2.24) is 10.2 Å². The molecule has 2 atom stereocenters. The number of hydrogen-bond acceptors (Lipinski definition) is 3. The number of piperidine rings is 1. The number of likely N-dealkylation sites (tertiary alicyclic amines) is 1. The van der Waals surface area contributed by atoms with Gasteiger partial charge in [-0.2, -0.15) is 8.78 Å². The molecule has 32 heavy (non-hydrogen) atoms. The van der Waals surface area contributed by atoms with Gasteiger partial charge in [-0.1, -0.05) is 38.3 Å². The van der Waals surface area contributed by atoms with E-state index in [0.717, 1.165) is 37.0 Å². The molecule has 176 valence electrons. The van der Waals surface area contributed by atoms with Crippen LogP contribution in [0.25, 0.3) is 0 Å². The fraction of sp³-hybridized carbons (Fsp3) is 0.625. The number of rotatable bonds is 7. The first-order valence-corrected chi connectivity index (χ1v) is 11.5. The number of nitrogens with zero attached hydrogens (tertiary/aromatic N) is 1. The monoisotopic (exact) mass is 452 g/mol. The van der Waals surface area contributed by atoms with Gasteiger partial charge in [-0.05, 0) is 43.2 Å². The van der Waals surface area contributed by atoms with E-state index >= 15 is 4.39 Å². The van der Waals surface area contributed by atoms with E-state index in [1.807, 2.05) is 0 Å². The van der Waals surface area contributed by atoms with Crippen LogP contribution in [0.3, 0.4) is 0 Å². The van der Waals surface area contributed by atoms with Gasteiger partial charge in [0.15, 0.2) is 5.78 Å². The van der Waals surface area contributed by atoms with Crippen LogP contribution in [-0.2, 0) is 9.59 Å². The number of ketones is 1. The van der Waals surface area contributed by atoms with Crippen molar-refractivity contribution in [2.75, 3.05) is 13.1 Å². The Balaban J connectivity index is 1.78. The number of benzene rings is 1. The summed E-state index contributed by atoms with van der Waals surface area (Å²) in [5.74, 6) is -3.08. The smallest absolute Gasteiger partial charge is 0.315 e. The lowest BCUT2D eigenvalue weighted by molar-refractivity contribution is -0.144. The predicted molar refractivity (Wildman–Crippen MR) is 114 cm³/mol. The van der Waals surface area contributed by atoms with Crippen LogP contribution in [-0.4, -0.2) is 48.1 Å². The molecule has 1 aliphatic carbocycles. The van der Waals surface area contributed by atoms with E-state index in [1.54, 1.807) is 13.0 Å². The molecule has 1 saturated carbocycles. The minimum absolute atomic E-state index is 0.00974. The van der Waals surface area contributed by atoms with Gasteiger partial charge in [0.1, 0.15) is 5.82 Å². The van der Waals surface area contributed by atoms with Gasteiger partial charge in [0.2, 0.25) is 0 Å². The second-order valence-electron chi connectivity index (χ2n) is 8.80. The molecule has 2 fully saturated rings. The molecule has 1 unspecified atom stereocenters. The number of alkyl halides is 2. The van der Waals surface area contributed by atoms with E-state index in [2.05, 4.69) is 5.32 Å². The summed E-state index contributed by atoms with van der Waals surface area (Å²) < 4.78 is 41.0. The number of hydrogen-bond donors (Lipinski definition) is 1. The summed E-state index contributed by atoms with van der Waals surface area (Å²) in [5.41, 5.74) is 0.0740. The van der Waals surface area contributed by atoms with Crippen LogP contribution >= 0.6 is 0 Å². The molecule has 1 saturated heterocycles. The quantitative estimate of drug-likeness (QED) is 0.665. The largest absolute Gasteiger partial charge is 0.342 e. The minimum atomic E-state index is -3.09. The van der Waals surface area contributed by atoms with Gasteiger partial charge in [-0.15, -0.1) is 0 Å². The molecule has 3 rings (SSSR count). The van der Waals surface area contributed by atoms with Crippen LogP contribution in [0.1, 0.15) is 80.1 Å². The van der Waals surface area contributed by atoms with Gasteiger partial charge in [-0.25, -0.2) is 4.39 Å². The van der Waals surface area contributed by atoms with Crippen molar-refractivity contribution < 1.29 is 27.6 Å². The summed E-state index contributed by atoms with van der Waals surface area (Å²) in [5, 5.41) is 2.77. The van der Waals surface area contributed by atoms with E-state index in [1.165, 1.54) is 12.1 Å². The van der Waals surface area contributed by atoms with Crippen LogP contribution in [0.15, 0.2) is 18.2 Å². The fourth-order valence-electron chi connectivity index (χ4n) is 4.98. The summed E-state index contributed by atoms with van der Waals surface area (Å²) in [6.07, 6.45) is 3.05. The Morgan fingerprint density at radius 1 is 1.09 bits per heavy atom. The number of amides is 2. The third-order valence-electron chi connectivity index (χ3n) is 6.74. The lowest BCUT2D eigenvalue weighted by Crippen LogP contribution is -2.46. The maximum Gasteiger partial charge on any atom is 0.315 e. The van der Waals surface area contributed by atoms with Crippen LogP contribution in [0, 0.1) is 11.7 Å². The number of carbonyl (C=O) groups is 3. The third kappa shape index (κ3) is 5.51. The highest BCUT2D eigenvalue weighted by molar-refractivity contribution is 5.98. The normalized spacial score (nSPS) is 20.8. The molecule has 5 nitrogen and oxygen atoms in total. The standard InChI is InChI=1S/C24H31F3N2O3/c1-2-19(30)21(15-8-4-3-5-9-15)28-23(31)18-12-6-11-17(20(18)25)16-10-7-13-29(14-16)24(32)22(26)27/h6,11-12,15-16,21-22H,2-5,7-10,13-14H2,1H3,(H,28,31)/t16?,21-/m1/s1. The Hall–Kier alpha value is -2.38. The van der Waals surface area contributed by atoms with Crippen LogP contribution < -0.4 is 5.32 Å². The molecule has 0 spiro atoms. The zero-order valence-corrected chi connectivity index (χ0v) is 18.4. The van der Waals surface area contributed by atoms with Crippen molar-refractivity contribution in [2.45, 2.75) is 76.7 Å². The minimum Gasteiger partial charge on any atom is -0.342 e. The molecule has 1 aromatic carbocycles. The summed E-state index contributed by atoms with van der Waals surface area (Å²) in [4.78, 5) is 38.2. The van der Waals surface area contributed by atoms with Crippen molar-refractivity contribution in [3.63, 3.8) is 0 Å². The van der Waals surface area contributed by atoms with Crippen molar-refractivity contribution in [3.05, 3.63) is 35.1 Å². The summed E-state index contributed by atoms with van der Waals surface area (Å²) in [6.45, 7) is 1.95. The maximum atomic E-state index is 15.4. The van der Waals surface area contributed by atoms with E-state index < -0.39 is 36.0 Å². The van der Waals surface area contributed by atoms with Crippen molar-refractivity contribution >= 4 is 17.6 Å². The molecule has 0 aromatic heterocycles. The van der Waals surface area contributed by atoms with Crippen molar-refractivity contribution in [3.8, 4) is 0 Å². The number of carbonyl (C=O) groups excluding carboxylic acids is 3. The second kappa shape index (κ2) is 11.0. The number of halogens is 3. The highest BCUT2D eigenvalue weighted by Crippen LogP contribution is 2.31. The molecule has 8 heteroatoms. The highest BCUT2D eigenvalue weighted by atomic mass is 19.3. The predicted octanol–water partition coefficient (Wildman–Crippen LogP) is 4.45. The molecule has 0 bridgehead atoms. The molecule has 0 radical (unpaired) electrons. The molecule has 2 aliphatic rings. The summed E-state index contributed by atoms with van der Waals surface area (Å²) in [7, 11) is 0. The third-order valence-corrected chi connectivity index (χ3v) is 6.74. The van der Waals surface area contributed by atoms with Crippen LogP contribution in [0.4, 0.5) is 13.2 Å². The Kier molecular flexibility index (Phi) is 8.32. The second-order valence-corrected chi connectivity index (χ2v) is 8.80. The van der Waals surface area contributed by atoms with Gasteiger partial charge in [0, 0.05) is 25.4 Å². The fourth-order valence-corrected chi connectivity index (χ4v) is 4.98. The highest BCUT2D eigenvalue weighted by Gasteiger charge is 2.33. The number of nitrogens with one attached hydrogen (secondary N) is 1. The first-order chi connectivity index (χ1) is 15.3. The lowest BCUT2D eigenvalue weighted by Gasteiger charge is -2.33. The molecule has 1 aliphatic heterocycles. The Labute approximate surface area is 186 Å². The molecule has 1 heterocycles. The van der Waals surface area contributed by atoms with E-state index in [0.29, 0.717) is 19.3 Å². The van der Waals surface area contributed by atoms with Gasteiger partial charge >= 0.3 is 6.43 Å². The maximum absolute atomic E-state index is 15.4. The van der Waals surface area contributed by atoms with Gasteiger partial charge in [0.05, 0.1) is 11.6 Å². The summed E-state index contributed by atoms with van der Waals surface area (Å²) >= 11 is 0. The molecule has 2 amide bonds. The molecule has 1 N–H and O–H groups in total. The van der Waals surface area contributed by atoms with E-state index in [-0.39, 0.29) is 35.9 Å². The Morgan fingerprint density at radius 3 is 2.47 bits per heavy atom. The zero-order valence-electron chi connectivity index (χ0n) is 18.4. The average molecular weight is 453 g/mol. The first-order valence-electron chi connectivity index (χ1n) is 11.5. The van der Waals surface area contributed by atoms with Crippen molar-refractivity contribution in [1.29, 1.82) is 0 Å². The van der Waals surface area contributed by atoms with Gasteiger partial charge in [0.25, 0.3) is 11.8 Å². The lowest BCUT2D eigenvalue weighted by atomic mass is 9.81. The Bertz CT molecular complexity index is 840. The Morgan fingerprint density at radius 2 is 1.81 bits per heavy atom. The molecule has 1 aromatic rings. The topological polar surface area (TPSA) is 66.5 Å². The molecular weight excluding hydrogens is 421 g/mol. The average Bonchev–Trinajstić information content (AvgIpc) is 2.82.